The molecule has 116 valence electrons. The fourth-order valence-corrected chi connectivity index (χ4v) is 2.58. The first-order chi connectivity index (χ1) is 10.6. The van der Waals surface area contributed by atoms with Crippen LogP contribution in [0.25, 0.3) is 0 Å². The molecule has 0 aromatic heterocycles. The molecule has 1 unspecified atom stereocenters. The SMILES string of the molecule is CC1c2ccccc2Oc2ccc(Cl)cc2N1C(=O)O.NN. The van der Waals surface area contributed by atoms with Crippen LogP contribution in [0, 0.1) is 0 Å². The van der Waals surface area contributed by atoms with Crippen molar-refractivity contribution < 1.29 is 14.6 Å². The van der Waals surface area contributed by atoms with Gasteiger partial charge < -0.3 is 9.84 Å². The summed E-state index contributed by atoms with van der Waals surface area (Å²) in [7, 11) is 0. The van der Waals surface area contributed by atoms with E-state index in [2.05, 4.69) is 11.7 Å². The van der Waals surface area contributed by atoms with Gasteiger partial charge in [-0.05, 0) is 31.2 Å². The van der Waals surface area contributed by atoms with E-state index in [0.717, 1.165) is 5.56 Å². The largest absolute Gasteiger partial charge is 0.465 e. The highest BCUT2D eigenvalue weighted by Gasteiger charge is 2.31. The average molecular weight is 322 g/mol. The van der Waals surface area contributed by atoms with Crippen molar-refractivity contribution in [3.8, 4) is 11.5 Å². The molecule has 1 amide bonds. The molecule has 0 aliphatic carbocycles. The third-order valence-electron chi connectivity index (χ3n) is 3.36. The van der Waals surface area contributed by atoms with E-state index < -0.39 is 6.09 Å². The smallest absolute Gasteiger partial charge is 0.412 e. The molecule has 0 bridgehead atoms. The molecule has 2 aromatic carbocycles. The highest BCUT2D eigenvalue weighted by molar-refractivity contribution is 6.31. The number of hydrogen-bond donors (Lipinski definition) is 3. The molecule has 5 N–H and O–H groups in total. The van der Waals surface area contributed by atoms with E-state index in [0.29, 0.717) is 22.2 Å². The Bertz CT molecular complexity index is 693. The number of halogens is 1. The number of nitrogens with zero attached hydrogens (tertiary/aromatic N) is 1. The van der Waals surface area contributed by atoms with E-state index in [-0.39, 0.29) is 6.04 Å². The van der Waals surface area contributed by atoms with E-state index >= 15 is 0 Å². The van der Waals surface area contributed by atoms with Crippen molar-refractivity contribution in [3.05, 3.63) is 53.1 Å². The van der Waals surface area contributed by atoms with Crippen LogP contribution in [0.2, 0.25) is 5.02 Å². The quantitative estimate of drug-likeness (QED) is 0.509. The third-order valence-corrected chi connectivity index (χ3v) is 3.60. The number of hydrogen-bond acceptors (Lipinski definition) is 4. The Morgan fingerprint density at radius 3 is 2.59 bits per heavy atom. The molecule has 7 heteroatoms. The summed E-state index contributed by atoms with van der Waals surface area (Å²) in [6.07, 6.45) is -1.04. The Hall–Kier alpha value is -2.28. The predicted molar refractivity (Wildman–Crippen MR) is 85.3 cm³/mol. The van der Waals surface area contributed by atoms with Gasteiger partial charge in [-0.15, -0.1) is 0 Å². The number of benzene rings is 2. The number of carbonyl (C=O) groups is 1. The maximum atomic E-state index is 11.6. The minimum atomic E-state index is -1.04. The van der Waals surface area contributed by atoms with Gasteiger partial charge in [-0.2, -0.15) is 0 Å². The van der Waals surface area contributed by atoms with E-state index in [1.807, 2.05) is 31.2 Å². The van der Waals surface area contributed by atoms with Gasteiger partial charge in [0, 0.05) is 10.6 Å². The number of ether oxygens (including phenoxy) is 1. The zero-order valence-electron chi connectivity index (χ0n) is 11.9. The lowest BCUT2D eigenvalue weighted by molar-refractivity contribution is 0.199. The molecule has 0 saturated heterocycles. The van der Waals surface area contributed by atoms with Crippen LogP contribution in [0.5, 0.6) is 11.5 Å². The highest BCUT2D eigenvalue weighted by Crippen LogP contribution is 2.44. The Labute approximate surface area is 132 Å². The molecule has 22 heavy (non-hydrogen) atoms. The van der Waals surface area contributed by atoms with Crippen LogP contribution < -0.4 is 21.3 Å². The van der Waals surface area contributed by atoms with Crippen molar-refractivity contribution in [2.24, 2.45) is 11.7 Å². The Balaban J connectivity index is 0.000000847. The number of rotatable bonds is 0. The molecule has 0 fully saturated rings. The number of amides is 1. The van der Waals surface area contributed by atoms with Gasteiger partial charge in [0.15, 0.2) is 5.75 Å². The lowest BCUT2D eigenvalue weighted by Crippen LogP contribution is -2.31. The summed E-state index contributed by atoms with van der Waals surface area (Å²) in [5, 5.41) is 9.99. The minimum Gasteiger partial charge on any atom is -0.465 e. The third kappa shape index (κ3) is 2.85. The summed E-state index contributed by atoms with van der Waals surface area (Å²) in [4.78, 5) is 12.9. The number of anilines is 1. The van der Waals surface area contributed by atoms with E-state index in [1.165, 1.54) is 4.90 Å². The maximum absolute atomic E-state index is 11.6. The van der Waals surface area contributed by atoms with Gasteiger partial charge in [-0.3, -0.25) is 16.6 Å². The van der Waals surface area contributed by atoms with Gasteiger partial charge in [-0.1, -0.05) is 29.8 Å². The number of hydrazine groups is 1. The molecule has 0 spiro atoms. The molecular formula is C15H16ClN3O3. The zero-order valence-corrected chi connectivity index (χ0v) is 12.6. The number of carboxylic acid groups (broad SMARTS) is 1. The van der Waals surface area contributed by atoms with Gasteiger partial charge in [0.2, 0.25) is 0 Å². The second kappa shape index (κ2) is 6.65. The topological polar surface area (TPSA) is 102 Å². The molecule has 1 heterocycles. The van der Waals surface area contributed by atoms with Crippen molar-refractivity contribution in [2.75, 3.05) is 4.90 Å². The number of fused-ring (bicyclic) bond motifs is 2. The van der Waals surface area contributed by atoms with Gasteiger partial charge in [0.25, 0.3) is 0 Å². The van der Waals surface area contributed by atoms with Crippen LogP contribution in [-0.4, -0.2) is 11.2 Å². The van der Waals surface area contributed by atoms with Crippen LogP contribution in [0.15, 0.2) is 42.5 Å². The first-order valence-electron chi connectivity index (χ1n) is 6.50. The second-order valence-electron chi connectivity index (χ2n) is 4.58. The van der Waals surface area contributed by atoms with Crippen molar-refractivity contribution in [3.63, 3.8) is 0 Å². The van der Waals surface area contributed by atoms with Crippen molar-refractivity contribution in [1.82, 2.24) is 0 Å². The minimum absolute atomic E-state index is 0.358. The first kappa shape index (κ1) is 16.1. The van der Waals surface area contributed by atoms with Crippen molar-refractivity contribution >= 4 is 23.4 Å². The maximum Gasteiger partial charge on any atom is 0.412 e. The van der Waals surface area contributed by atoms with Crippen molar-refractivity contribution in [1.29, 1.82) is 0 Å². The summed E-state index contributed by atoms with van der Waals surface area (Å²) >= 11 is 5.98. The molecule has 1 aliphatic heterocycles. The Morgan fingerprint density at radius 2 is 1.91 bits per heavy atom. The van der Waals surface area contributed by atoms with Gasteiger partial charge in [-0.25, -0.2) is 4.79 Å². The summed E-state index contributed by atoms with van der Waals surface area (Å²) in [6, 6.07) is 12.0. The highest BCUT2D eigenvalue weighted by atomic mass is 35.5. The first-order valence-corrected chi connectivity index (χ1v) is 6.87. The molecule has 0 saturated carbocycles. The fraction of sp³-hybridized carbons (Fsp3) is 0.133. The zero-order chi connectivity index (χ0) is 16.3. The molecule has 1 aliphatic rings. The summed E-state index contributed by atoms with van der Waals surface area (Å²) < 4.78 is 5.84. The molecule has 1 atom stereocenters. The fourth-order valence-electron chi connectivity index (χ4n) is 2.42. The lowest BCUT2D eigenvalue weighted by atomic mass is 10.1. The Kier molecular flexibility index (Phi) is 4.87. The molecule has 2 aromatic rings. The van der Waals surface area contributed by atoms with Gasteiger partial charge in [0.05, 0.1) is 11.7 Å². The van der Waals surface area contributed by atoms with Crippen LogP contribution in [0.3, 0.4) is 0 Å². The number of nitrogens with two attached hydrogens (primary N) is 2. The molecule has 3 rings (SSSR count). The monoisotopic (exact) mass is 321 g/mol. The standard InChI is InChI=1S/C15H12ClNO3.H4N2/c1-9-11-4-2-3-5-13(11)20-14-7-6-10(16)8-12(14)17(9)15(18)19;1-2/h2-9H,1H3,(H,18,19);1-2H2. The van der Waals surface area contributed by atoms with E-state index in [9.17, 15) is 9.90 Å². The molecular weight excluding hydrogens is 306 g/mol. The second-order valence-corrected chi connectivity index (χ2v) is 5.02. The van der Waals surface area contributed by atoms with Crippen LogP contribution in [0.1, 0.15) is 18.5 Å². The predicted octanol–water partition coefficient (Wildman–Crippen LogP) is 3.51. The summed E-state index contributed by atoms with van der Waals surface area (Å²) in [6.45, 7) is 1.83. The van der Waals surface area contributed by atoms with E-state index in [1.54, 1.807) is 18.2 Å². The van der Waals surface area contributed by atoms with Crippen LogP contribution in [-0.2, 0) is 0 Å². The van der Waals surface area contributed by atoms with Gasteiger partial charge in [0.1, 0.15) is 5.75 Å². The Morgan fingerprint density at radius 1 is 1.23 bits per heavy atom. The summed E-state index contributed by atoms with van der Waals surface area (Å²) in [5.74, 6) is 9.14. The molecule has 0 radical (unpaired) electrons. The van der Waals surface area contributed by atoms with Crippen LogP contribution in [0.4, 0.5) is 10.5 Å². The van der Waals surface area contributed by atoms with Gasteiger partial charge >= 0.3 is 6.09 Å². The van der Waals surface area contributed by atoms with Crippen molar-refractivity contribution in [2.45, 2.75) is 13.0 Å². The lowest BCUT2D eigenvalue weighted by Gasteiger charge is -2.25. The van der Waals surface area contributed by atoms with E-state index in [4.69, 9.17) is 16.3 Å². The average Bonchev–Trinajstić information content (AvgIpc) is 2.63. The normalized spacial score (nSPS) is 15.5. The number of para-hydroxylation sites is 1. The van der Waals surface area contributed by atoms with Crippen LogP contribution >= 0.6 is 11.6 Å². The summed E-state index contributed by atoms with van der Waals surface area (Å²) in [5.41, 5.74) is 1.27. The molecule has 6 nitrogen and oxygen atoms in total.